The largest absolute Gasteiger partial charge is 0.389 e. The summed E-state index contributed by atoms with van der Waals surface area (Å²) in [6.45, 7) is 3.98. The van der Waals surface area contributed by atoms with E-state index < -0.39 is 6.61 Å². The number of hydrogen-bond donors (Lipinski definition) is 4. The lowest BCUT2D eigenvalue weighted by Crippen LogP contribution is -2.36. The van der Waals surface area contributed by atoms with Crippen molar-refractivity contribution in [1.29, 1.82) is 0 Å². The summed E-state index contributed by atoms with van der Waals surface area (Å²) >= 11 is 0. The molecule has 0 bridgehead atoms. The van der Waals surface area contributed by atoms with E-state index in [4.69, 9.17) is 24.1 Å². The molecule has 0 aromatic heterocycles. The van der Waals surface area contributed by atoms with E-state index >= 15 is 0 Å². The van der Waals surface area contributed by atoms with E-state index in [-0.39, 0.29) is 49.2 Å². The van der Waals surface area contributed by atoms with Crippen LogP contribution in [0.15, 0.2) is 0 Å². The van der Waals surface area contributed by atoms with Gasteiger partial charge in [-0.25, -0.2) is 0 Å². The molecule has 0 aliphatic rings. The van der Waals surface area contributed by atoms with Crippen LogP contribution in [-0.2, 0) is 38.1 Å². The maximum Gasteiger partial charge on any atom is 0.245 e. The molecule has 0 aromatic carbocycles. The average Bonchev–Trinajstić information content (AvgIpc) is 2.83. The molecule has 0 spiro atoms. The van der Waals surface area contributed by atoms with Gasteiger partial charge in [-0.2, -0.15) is 0 Å². The summed E-state index contributed by atoms with van der Waals surface area (Å²) in [5, 5.41) is 17.1. The highest BCUT2D eigenvalue weighted by atomic mass is 16.5. The molecule has 0 aliphatic heterocycles. The Morgan fingerprint density at radius 3 is 2.09 bits per heavy atom. The van der Waals surface area contributed by atoms with Crippen LogP contribution in [-0.4, -0.2) is 114 Å². The molecule has 0 aromatic rings. The number of amides is 2. The van der Waals surface area contributed by atoms with E-state index in [1.807, 2.05) is 0 Å². The van der Waals surface area contributed by atoms with Crippen molar-refractivity contribution in [2.45, 2.75) is 45.1 Å². The van der Waals surface area contributed by atoms with Gasteiger partial charge in [0.15, 0.2) is 11.6 Å². The Balaban J connectivity index is 3.41. The highest BCUT2D eigenvalue weighted by molar-refractivity contribution is 5.84. The second-order valence-electron chi connectivity index (χ2n) is 7.77. The van der Waals surface area contributed by atoms with E-state index in [9.17, 15) is 19.2 Å². The van der Waals surface area contributed by atoms with E-state index in [2.05, 4.69) is 16.0 Å². The van der Waals surface area contributed by atoms with Gasteiger partial charge in [-0.05, 0) is 32.7 Å². The van der Waals surface area contributed by atoms with Gasteiger partial charge in [0, 0.05) is 33.0 Å². The minimum atomic E-state index is -0.475. The van der Waals surface area contributed by atoms with Crippen LogP contribution < -0.4 is 16.0 Å². The molecule has 1 atom stereocenters. The zero-order valence-electron chi connectivity index (χ0n) is 21.1. The Bertz CT molecular complexity index is 591. The Morgan fingerprint density at radius 1 is 0.771 bits per heavy atom. The molecule has 0 rings (SSSR count). The average molecular weight is 506 g/mol. The number of likely N-dealkylation sites (N-methyl/N-ethyl adjacent to an activating group) is 1. The van der Waals surface area contributed by atoms with Crippen molar-refractivity contribution in [1.82, 2.24) is 16.0 Å². The first kappa shape index (κ1) is 33.0. The molecule has 12 nitrogen and oxygen atoms in total. The molecule has 1 unspecified atom stereocenters. The zero-order valence-corrected chi connectivity index (χ0v) is 21.1. The van der Waals surface area contributed by atoms with Crippen LogP contribution in [0.4, 0.5) is 0 Å². The fraction of sp³-hybridized carbons (Fsp3) is 0.826. The molecule has 0 saturated carbocycles. The SMILES string of the molecule is CNC(CCCCNC(=O)COCCOCCCC(=O)COCCOCCNC(C)=O)C(=O)CO. The van der Waals surface area contributed by atoms with Crippen molar-refractivity contribution < 1.29 is 43.2 Å². The van der Waals surface area contributed by atoms with Gasteiger partial charge >= 0.3 is 0 Å². The predicted molar refractivity (Wildman–Crippen MR) is 128 cm³/mol. The first-order valence-corrected chi connectivity index (χ1v) is 12.0. The fourth-order valence-electron chi connectivity index (χ4n) is 2.86. The van der Waals surface area contributed by atoms with Gasteiger partial charge in [0.05, 0.1) is 39.1 Å². The first-order chi connectivity index (χ1) is 16.9. The van der Waals surface area contributed by atoms with Gasteiger partial charge in [0.2, 0.25) is 11.8 Å². The Kier molecular flexibility index (Phi) is 22.4. The van der Waals surface area contributed by atoms with Crippen LogP contribution in [0.25, 0.3) is 0 Å². The topological polar surface area (TPSA) is 162 Å². The van der Waals surface area contributed by atoms with E-state index in [1.165, 1.54) is 6.92 Å². The molecule has 0 saturated heterocycles. The normalized spacial score (nSPS) is 11.7. The third kappa shape index (κ3) is 22.3. The Hall–Kier alpha value is -1.96. The Morgan fingerprint density at radius 2 is 1.43 bits per heavy atom. The standard InChI is InChI=1S/C23H43N3O9/c1-19(28)25-9-11-33-13-14-34-17-20(29)6-5-10-32-12-15-35-18-23(31)26-8-4-3-7-21(24-2)22(30)16-27/h21,24,27H,3-18H2,1-2H3,(H,25,28)(H,26,31). The first-order valence-electron chi connectivity index (χ1n) is 12.0. The van der Waals surface area contributed by atoms with Crippen LogP contribution in [0.2, 0.25) is 0 Å². The summed E-state index contributed by atoms with van der Waals surface area (Å²) in [5.41, 5.74) is 0. The molecule has 12 heteroatoms. The second kappa shape index (κ2) is 23.8. The predicted octanol–water partition coefficient (Wildman–Crippen LogP) is -1.03. The lowest BCUT2D eigenvalue weighted by atomic mass is 10.1. The van der Waals surface area contributed by atoms with Crippen molar-refractivity contribution in [2.24, 2.45) is 0 Å². The smallest absolute Gasteiger partial charge is 0.245 e. The number of carbonyl (C=O) groups is 4. The third-order valence-electron chi connectivity index (χ3n) is 4.74. The maximum atomic E-state index is 11.7. The molecule has 0 radical (unpaired) electrons. The summed E-state index contributed by atoms with van der Waals surface area (Å²) in [4.78, 5) is 45.5. The number of ether oxygens (including phenoxy) is 4. The summed E-state index contributed by atoms with van der Waals surface area (Å²) in [6.07, 6.45) is 3.01. The number of aliphatic hydroxyl groups is 1. The van der Waals surface area contributed by atoms with Gasteiger partial charge in [-0.3, -0.25) is 19.2 Å². The molecule has 0 heterocycles. The van der Waals surface area contributed by atoms with Crippen LogP contribution in [0, 0.1) is 0 Å². The van der Waals surface area contributed by atoms with Gasteiger partial charge in [0.25, 0.3) is 0 Å². The van der Waals surface area contributed by atoms with Gasteiger partial charge in [0.1, 0.15) is 19.8 Å². The molecule has 35 heavy (non-hydrogen) atoms. The number of rotatable bonds is 25. The number of carbonyl (C=O) groups excluding carboxylic acids is 4. The lowest BCUT2D eigenvalue weighted by Gasteiger charge is -2.13. The maximum absolute atomic E-state index is 11.7. The van der Waals surface area contributed by atoms with Gasteiger partial charge < -0.3 is 40.0 Å². The summed E-state index contributed by atoms with van der Waals surface area (Å²) in [6, 6.07) is -0.357. The van der Waals surface area contributed by atoms with Crippen LogP contribution in [0.1, 0.15) is 39.0 Å². The van der Waals surface area contributed by atoms with Crippen LogP contribution in [0.3, 0.4) is 0 Å². The van der Waals surface area contributed by atoms with Crippen LogP contribution in [0.5, 0.6) is 0 Å². The number of ketones is 2. The zero-order chi connectivity index (χ0) is 26.2. The van der Waals surface area contributed by atoms with E-state index in [0.29, 0.717) is 65.4 Å². The second-order valence-corrected chi connectivity index (χ2v) is 7.77. The summed E-state index contributed by atoms with van der Waals surface area (Å²) in [7, 11) is 1.68. The molecule has 0 fully saturated rings. The van der Waals surface area contributed by atoms with Crippen LogP contribution >= 0.6 is 0 Å². The number of Topliss-reactive ketones (excluding diaryl/α,β-unsaturated/α-hetero) is 2. The number of aliphatic hydroxyl groups excluding tert-OH is 1. The van der Waals surface area contributed by atoms with Gasteiger partial charge in [-0.15, -0.1) is 0 Å². The van der Waals surface area contributed by atoms with Crippen molar-refractivity contribution in [2.75, 3.05) is 79.6 Å². The van der Waals surface area contributed by atoms with Crippen molar-refractivity contribution in [3.8, 4) is 0 Å². The minimum Gasteiger partial charge on any atom is -0.389 e. The van der Waals surface area contributed by atoms with Gasteiger partial charge in [-0.1, -0.05) is 0 Å². The molecule has 0 aliphatic carbocycles. The lowest BCUT2D eigenvalue weighted by molar-refractivity contribution is -0.127. The number of nitrogens with one attached hydrogen (secondary N) is 3. The molecule has 4 N–H and O–H groups in total. The Labute approximate surface area is 207 Å². The number of unbranched alkanes of at least 4 members (excludes halogenated alkanes) is 1. The molecule has 204 valence electrons. The highest BCUT2D eigenvalue weighted by Gasteiger charge is 2.14. The monoisotopic (exact) mass is 505 g/mol. The highest BCUT2D eigenvalue weighted by Crippen LogP contribution is 2.01. The molecular weight excluding hydrogens is 462 g/mol. The summed E-state index contributed by atoms with van der Waals surface area (Å²) < 4.78 is 21.1. The van der Waals surface area contributed by atoms with Crippen molar-refractivity contribution in [3.63, 3.8) is 0 Å². The molecular formula is C23H43N3O9. The van der Waals surface area contributed by atoms with E-state index in [1.54, 1.807) is 7.05 Å². The van der Waals surface area contributed by atoms with Crippen molar-refractivity contribution >= 4 is 23.4 Å². The quantitative estimate of drug-likeness (QED) is 0.113. The van der Waals surface area contributed by atoms with Crippen molar-refractivity contribution in [3.05, 3.63) is 0 Å². The molecule has 2 amide bonds. The fourth-order valence-corrected chi connectivity index (χ4v) is 2.86. The van der Waals surface area contributed by atoms with E-state index in [0.717, 1.165) is 12.8 Å². The summed E-state index contributed by atoms with van der Waals surface area (Å²) in [5.74, 6) is -0.568. The minimum absolute atomic E-state index is 0.0127. The third-order valence-corrected chi connectivity index (χ3v) is 4.74. The number of hydrogen-bond acceptors (Lipinski definition) is 10.